The third kappa shape index (κ3) is 14.4. The largest absolute Gasteiger partial charge is 0.327 e. The summed E-state index contributed by atoms with van der Waals surface area (Å²) in [6.07, 6.45) is 12.4. The van der Waals surface area contributed by atoms with Gasteiger partial charge in [0.1, 0.15) is 0 Å². The van der Waals surface area contributed by atoms with Crippen LogP contribution in [0.1, 0.15) is 78.6 Å². The highest BCUT2D eigenvalue weighted by atomic mass is 32.2. The van der Waals surface area contributed by atoms with Gasteiger partial charge in [0.25, 0.3) is 0 Å². The zero-order chi connectivity index (χ0) is 13.6. The molecule has 0 amide bonds. The summed E-state index contributed by atoms with van der Waals surface area (Å²) in [7, 11) is 0. The first-order valence-corrected chi connectivity index (χ1v) is 9.15. The van der Waals surface area contributed by atoms with Crippen LogP contribution in [-0.2, 0) is 0 Å². The molecule has 0 aliphatic rings. The van der Waals surface area contributed by atoms with Gasteiger partial charge in [-0.15, -0.1) is 0 Å². The van der Waals surface area contributed by atoms with Crippen LogP contribution in [-0.4, -0.2) is 17.5 Å². The van der Waals surface area contributed by atoms with Crippen LogP contribution in [0.4, 0.5) is 0 Å². The van der Waals surface area contributed by atoms with Crippen molar-refractivity contribution in [3.05, 3.63) is 0 Å². The van der Waals surface area contributed by atoms with Gasteiger partial charge in [-0.25, -0.2) is 0 Å². The summed E-state index contributed by atoms with van der Waals surface area (Å²) >= 11 is 2.02. The molecule has 0 saturated heterocycles. The van der Waals surface area contributed by atoms with E-state index in [-0.39, 0.29) is 0 Å². The maximum Gasteiger partial charge on any atom is 0.0130 e. The van der Waals surface area contributed by atoms with Crippen molar-refractivity contribution in [2.75, 3.05) is 11.5 Å². The zero-order valence-corrected chi connectivity index (χ0v) is 13.7. The Labute approximate surface area is 120 Å². The van der Waals surface area contributed by atoms with Crippen molar-refractivity contribution in [1.82, 2.24) is 0 Å². The van der Waals surface area contributed by atoms with Crippen LogP contribution < -0.4 is 5.73 Å². The van der Waals surface area contributed by atoms with E-state index in [1.165, 1.54) is 63.5 Å². The van der Waals surface area contributed by atoms with Gasteiger partial charge in [-0.05, 0) is 18.1 Å². The summed E-state index contributed by atoms with van der Waals surface area (Å²) in [5, 5.41) is 0. The van der Waals surface area contributed by atoms with E-state index < -0.39 is 0 Å². The van der Waals surface area contributed by atoms with E-state index in [2.05, 4.69) is 20.8 Å². The fourth-order valence-corrected chi connectivity index (χ4v) is 3.16. The molecule has 0 radical (unpaired) electrons. The summed E-state index contributed by atoms with van der Waals surface area (Å²) in [5.41, 5.74) is 6.12. The molecule has 0 spiro atoms. The molecule has 1 atom stereocenters. The molecule has 110 valence electrons. The minimum absolute atomic E-state index is 0.425. The fourth-order valence-electron chi connectivity index (χ4n) is 2.08. The maximum absolute atomic E-state index is 6.12. The smallest absolute Gasteiger partial charge is 0.0130 e. The molecule has 18 heavy (non-hydrogen) atoms. The van der Waals surface area contributed by atoms with Crippen LogP contribution in [0.25, 0.3) is 0 Å². The Kier molecular flexibility index (Phi) is 14.0. The number of hydrogen-bond acceptors (Lipinski definition) is 2. The molecule has 0 rings (SSSR count). The Bertz CT molecular complexity index is 159. The summed E-state index contributed by atoms with van der Waals surface area (Å²) in [4.78, 5) is 0. The average Bonchev–Trinajstić information content (AvgIpc) is 2.32. The molecular weight excluding hydrogens is 238 g/mol. The summed E-state index contributed by atoms with van der Waals surface area (Å²) in [5.74, 6) is 3.20. The molecule has 2 heteroatoms. The predicted octanol–water partition coefficient (Wildman–Crippen LogP) is 5.23. The van der Waals surface area contributed by atoms with Crippen LogP contribution in [0.5, 0.6) is 0 Å². The molecule has 0 bridgehead atoms. The molecule has 0 aliphatic heterocycles. The minimum Gasteiger partial charge on any atom is -0.327 e. The Balaban J connectivity index is 3.12. The van der Waals surface area contributed by atoms with Gasteiger partial charge in [-0.1, -0.05) is 72.1 Å². The second kappa shape index (κ2) is 13.7. The van der Waals surface area contributed by atoms with E-state index in [0.717, 1.165) is 11.7 Å². The average molecular weight is 274 g/mol. The Hall–Kier alpha value is 0.310. The predicted molar refractivity (Wildman–Crippen MR) is 87.4 cm³/mol. The van der Waals surface area contributed by atoms with Crippen molar-refractivity contribution in [1.29, 1.82) is 0 Å². The number of unbranched alkanes of at least 4 members (excludes halogenated alkanes) is 7. The molecule has 2 N–H and O–H groups in total. The van der Waals surface area contributed by atoms with E-state index in [4.69, 9.17) is 5.73 Å². The lowest BCUT2D eigenvalue weighted by Crippen LogP contribution is -2.23. The second-order valence-corrected chi connectivity index (χ2v) is 7.03. The molecule has 1 nitrogen and oxygen atoms in total. The SMILES string of the molecule is CCCCCCCCCCC(N)CSCC(C)C. The summed E-state index contributed by atoms with van der Waals surface area (Å²) in [6.45, 7) is 6.83. The normalized spacial score (nSPS) is 13.2. The molecular formula is C16H35NS. The number of thioether (sulfide) groups is 1. The Morgan fingerprint density at radius 1 is 0.833 bits per heavy atom. The van der Waals surface area contributed by atoms with Gasteiger partial charge in [0.05, 0.1) is 0 Å². The molecule has 0 aromatic carbocycles. The van der Waals surface area contributed by atoms with Crippen molar-refractivity contribution in [3.8, 4) is 0 Å². The molecule has 0 saturated carbocycles. The van der Waals surface area contributed by atoms with Crippen molar-refractivity contribution in [2.45, 2.75) is 84.6 Å². The molecule has 0 fully saturated rings. The minimum atomic E-state index is 0.425. The first-order chi connectivity index (χ1) is 8.66. The van der Waals surface area contributed by atoms with Crippen molar-refractivity contribution in [3.63, 3.8) is 0 Å². The lowest BCUT2D eigenvalue weighted by atomic mass is 10.1. The Morgan fingerprint density at radius 2 is 1.39 bits per heavy atom. The molecule has 0 heterocycles. The molecule has 0 aromatic heterocycles. The van der Waals surface area contributed by atoms with Gasteiger partial charge >= 0.3 is 0 Å². The number of rotatable bonds is 13. The highest BCUT2D eigenvalue weighted by Crippen LogP contribution is 2.13. The van der Waals surface area contributed by atoms with Crippen LogP contribution in [0, 0.1) is 5.92 Å². The van der Waals surface area contributed by atoms with Crippen molar-refractivity contribution in [2.24, 2.45) is 11.7 Å². The van der Waals surface area contributed by atoms with Gasteiger partial charge in [0.2, 0.25) is 0 Å². The van der Waals surface area contributed by atoms with Gasteiger partial charge in [0, 0.05) is 11.8 Å². The zero-order valence-electron chi connectivity index (χ0n) is 12.9. The third-order valence-electron chi connectivity index (χ3n) is 3.21. The van der Waals surface area contributed by atoms with E-state index in [0.29, 0.717) is 6.04 Å². The lowest BCUT2D eigenvalue weighted by Gasteiger charge is -2.12. The Morgan fingerprint density at radius 3 is 1.94 bits per heavy atom. The monoisotopic (exact) mass is 273 g/mol. The van der Waals surface area contributed by atoms with E-state index in [9.17, 15) is 0 Å². The van der Waals surface area contributed by atoms with Crippen LogP contribution in [0.2, 0.25) is 0 Å². The summed E-state index contributed by atoms with van der Waals surface area (Å²) < 4.78 is 0. The van der Waals surface area contributed by atoms with Crippen LogP contribution in [0.15, 0.2) is 0 Å². The number of hydrogen-bond donors (Lipinski definition) is 1. The second-order valence-electron chi connectivity index (χ2n) is 5.95. The molecule has 1 unspecified atom stereocenters. The van der Waals surface area contributed by atoms with Crippen molar-refractivity contribution >= 4 is 11.8 Å². The number of nitrogens with two attached hydrogens (primary N) is 1. The molecule has 0 aromatic rings. The van der Waals surface area contributed by atoms with Crippen LogP contribution >= 0.6 is 11.8 Å². The topological polar surface area (TPSA) is 26.0 Å². The van der Waals surface area contributed by atoms with E-state index in [1.54, 1.807) is 0 Å². The van der Waals surface area contributed by atoms with Gasteiger partial charge in [-0.3, -0.25) is 0 Å². The standard InChI is InChI=1S/C16H35NS/c1-4-5-6-7-8-9-10-11-12-16(17)14-18-13-15(2)3/h15-16H,4-14,17H2,1-3H3. The highest BCUT2D eigenvalue weighted by molar-refractivity contribution is 7.99. The maximum atomic E-state index is 6.12. The van der Waals surface area contributed by atoms with E-state index in [1.807, 2.05) is 11.8 Å². The van der Waals surface area contributed by atoms with Gasteiger partial charge < -0.3 is 5.73 Å². The fraction of sp³-hybridized carbons (Fsp3) is 1.00. The lowest BCUT2D eigenvalue weighted by molar-refractivity contribution is 0.543. The van der Waals surface area contributed by atoms with E-state index >= 15 is 0 Å². The first-order valence-electron chi connectivity index (χ1n) is 8.00. The van der Waals surface area contributed by atoms with Crippen molar-refractivity contribution < 1.29 is 0 Å². The van der Waals surface area contributed by atoms with Gasteiger partial charge in [-0.2, -0.15) is 11.8 Å². The first kappa shape index (κ1) is 18.3. The summed E-state index contributed by atoms with van der Waals surface area (Å²) in [6, 6.07) is 0.425. The highest BCUT2D eigenvalue weighted by Gasteiger charge is 2.03. The van der Waals surface area contributed by atoms with Gasteiger partial charge in [0.15, 0.2) is 0 Å². The quantitative estimate of drug-likeness (QED) is 0.465. The van der Waals surface area contributed by atoms with Crippen LogP contribution in [0.3, 0.4) is 0 Å². The third-order valence-corrected chi connectivity index (χ3v) is 4.78. The molecule has 0 aliphatic carbocycles.